The van der Waals surface area contributed by atoms with Gasteiger partial charge in [-0.15, -0.1) is 0 Å². The van der Waals surface area contributed by atoms with Gasteiger partial charge in [-0.2, -0.15) is 5.10 Å². The number of rotatable bonds is 7. The van der Waals surface area contributed by atoms with Crippen LogP contribution in [0, 0.1) is 13.8 Å². The van der Waals surface area contributed by atoms with Gasteiger partial charge in [-0.25, -0.2) is 14.0 Å². The lowest BCUT2D eigenvalue weighted by atomic mass is 10.0. The van der Waals surface area contributed by atoms with Crippen LogP contribution >= 0.6 is 0 Å². The molecule has 1 N–H and O–H groups in total. The molecule has 1 aliphatic heterocycles. The predicted molar refractivity (Wildman–Crippen MR) is 156 cm³/mol. The first-order valence-corrected chi connectivity index (χ1v) is 13.5. The van der Waals surface area contributed by atoms with Gasteiger partial charge in [0.2, 0.25) is 5.91 Å². The third-order valence-electron chi connectivity index (χ3n) is 7.36. The smallest absolute Gasteiger partial charge is 0.350 e. The van der Waals surface area contributed by atoms with E-state index in [1.54, 1.807) is 10.9 Å². The number of hydrogen-bond donors (Lipinski definition) is 1. The fourth-order valence-corrected chi connectivity index (χ4v) is 5.23. The molecule has 1 saturated heterocycles. The van der Waals surface area contributed by atoms with Gasteiger partial charge >= 0.3 is 5.69 Å². The number of anilines is 2. The molecule has 1 aromatic heterocycles. The van der Waals surface area contributed by atoms with E-state index in [2.05, 4.69) is 33.2 Å². The molecule has 0 aliphatic carbocycles. The highest BCUT2D eigenvalue weighted by Crippen LogP contribution is 2.27. The van der Waals surface area contributed by atoms with E-state index in [0.717, 1.165) is 54.4 Å². The average molecular weight is 525 g/mol. The Morgan fingerprint density at radius 1 is 0.872 bits per heavy atom. The van der Waals surface area contributed by atoms with Crippen LogP contribution in [-0.4, -0.2) is 51.3 Å². The van der Waals surface area contributed by atoms with Gasteiger partial charge in [0.05, 0.1) is 11.7 Å². The number of piperazine rings is 1. The second-order valence-corrected chi connectivity index (χ2v) is 10.5. The Morgan fingerprint density at radius 3 is 2.15 bits per heavy atom. The minimum absolute atomic E-state index is 0.0111. The van der Waals surface area contributed by atoms with Crippen molar-refractivity contribution in [3.8, 4) is 5.69 Å². The van der Waals surface area contributed by atoms with Crippen molar-refractivity contribution >= 4 is 17.3 Å². The standard InChI is InChI=1S/C31H36N6O2/c1-22(2)37-31(39)36(21-32-37)27-13-11-26(12-14-27)34-16-18-35(19-17-34)29(25-8-6-5-7-9-25)30(38)33-28-15-10-23(3)20-24(28)4/h5-15,20-22,29H,16-19H2,1-4H3,(H,33,38). The molecular formula is C31H36N6O2. The van der Waals surface area contributed by atoms with E-state index in [9.17, 15) is 9.59 Å². The van der Waals surface area contributed by atoms with Crippen LogP contribution in [0.4, 0.5) is 11.4 Å². The largest absolute Gasteiger partial charge is 0.369 e. The fraction of sp³-hybridized carbons (Fsp3) is 0.323. The van der Waals surface area contributed by atoms with E-state index in [-0.39, 0.29) is 23.7 Å². The molecule has 0 spiro atoms. The van der Waals surface area contributed by atoms with Crippen LogP contribution in [0.5, 0.6) is 0 Å². The molecule has 0 radical (unpaired) electrons. The topological polar surface area (TPSA) is 75.4 Å². The SMILES string of the molecule is Cc1ccc(NC(=O)C(c2ccccc2)N2CCN(c3ccc(-n4cnn(C(C)C)c4=O)cc3)CC2)c(C)c1. The van der Waals surface area contributed by atoms with Gasteiger partial charge < -0.3 is 10.2 Å². The minimum atomic E-state index is -0.374. The van der Waals surface area contributed by atoms with Crippen molar-refractivity contribution in [2.24, 2.45) is 0 Å². The molecule has 202 valence electrons. The lowest BCUT2D eigenvalue weighted by molar-refractivity contribution is -0.121. The zero-order valence-corrected chi connectivity index (χ0v) is 23.0. The Bertz CT molecular complexity index is 1480. The molecule has 3 aromatic carbocycles. The summed E-state index contributed by atoms with van der Waals surface area (Å²) in [7, 11) is 0. The van der Waals surface area contributed by atoms with E-state index in [1.807, 2.05) is 87.5 Å². The third-order valence-corrected chi connectivity index (χ3v) is 7.36. The van der Waals surface area contributed by atoms with E-state index in [1.165, 1.54) is 10.2 Å². The predicted octanol–water partition coefficient (Wildman–Crippen LogP) is 4.73. The zero-order valence-electron chi connectivity index (χ0n) is 23.0. The number of hydrogen-bond acceptors (Lipinski definition) is 5. The van der Waals surface area contributed by atoms with Crippen LogP contribution in [0.1, 0.15) is 42.6 Å². The molecule has 8 nitrogen and oxygen atoms in total. The number of carbonyl (C=O) groups excluding carboxylic acids is 1. The number of amides is 1. The maximum Gasteiger partial charge on any atom is 0.350 e. The highest BCUT2D eigenvalue weighted by molar-refractivity contribution is 5.96. The van der Waals surface area contributed by atoms with Crippen LogP contribution in [0.15, 0.2) is 83.9 Å². The molecule has 5 rings (SSSR count). The zero-order chi connectivity index (χ0) is 27.5. The molecule has 1 atom stereocenters. The summed E-state index contributed by atoms with van der Waals surface area (Å²) in [4.78, 5) is 30.9. The molecule has 39 heavy (non-hydrogen) atoms. The van der Waals surface area contributed by atoms with E-state index in [0.29, 0.717) is 0 Å². The summed E-state index contributed by atoms with van der Waals surface area (Å²) in [6, 6.07) is 23.7. The summed E-state index contributed by atoms with van der Waals surface area (Å²) in [5.74, 6) is -0.0154. The highest BCUT2D eigenvalue weighted by atomic mass is 16.2. The molecule has 1 unspecified atom stereocenters. The lowest BCUT2D eigenvalue weighted by Gasteiger charge is -2.39. The van der Waals surface area contributed by atoms with E-state index in [4.69, 9.17) is 0 Å². The minimum Gasteiger partial charge on any atom is -0.369 e. The van der Waals surface area contributed by atoms with E-state index >= 15 is 0 Å². The molecule has 0 bridgehead atoms. The van der Waals surface area contributed by atoms with Gasteiger partial charge in [-0.1, -0.05) is 48.0 Å². The Morgan fingerprint density at radius 2 is 1.54 bits per heavy atom. The van der Waals surface area contributed by atoms with Gasteiger partial charge in [0, 0.05) is 37.6 Å². The van der Waals surface area contributed by atoms with E-state index < -0.39 is 0 Å². The van der Waals surface area contributed by atoms with Crippen LogP contribution in [-0.2, 0) is 4.79 Å². The van der Waals surface area contributed by atoms with Crippen molar-refractivity contribution in [1.29, 1.82) is 0 Å². The van der Waals surface area contributed by atoms with Crippen LogP contribution in [0.2, 0.25) is 0 Å². The molecule has 2 heterocycles. The second kappa shape index (κ2) is 11.3. The van der Waals surface area contributed by atoms with Crippen LogP contribution in [0.3, 0.4) is 0 Å². The molecule has 4 aromatic rings. The number of aromatic nitrogens is 3. The van der Waals surface area contributed by atoms with Crippen molar-refractivity contribution in [2.45, 2.75) is 39.8 Å². The Hall–Kier alpha value is -4.17. The summed E-state index contributed by atoms with van der Waals surface area (Å²) in [5.41, 5.74) is 5.82. The molecule has 8 heteroatoms. The Labute approximate surface area is 229 Å². The van der Waals surface area contributed by atoms with Gasteiger partial charge in [0.25, 0.3) is 0 Å². The maximum absolute atomic E-state index is 13.6. The van der Waals surface area contributed by atoms with Gasteiger partial charge in [0.15, 0.2) is 0 Å². The highest BCUT2D eigenvalue weighted by Gasteiger charge is 2.31. The first-order valence-electron chi connectivity index (χ1n) is 13.5. The molecule has 1 aliphatic rings. The molecular weight excluding hydrogens is 488 g/mol. The summed E-state index contributed by atoms with van der Waals surface area (Å²) in [6.07, 6.45) is 1.57. The summed E-state index contributed by atoms with van der Waals surface area (Å²) >= 11 is 0. The number of carbonyl (C=O) groups is 1. The maximum atomic E-state index is 13.6. The van der Waals surface area contributed by atoms with Crippen LogP contribution in [0.25, 0.3) is 5.69 Å². The van der Waals surface area contributed by atoms with Crippen LogP contribution < -0.4 is 15.9 Å². The third kappa shape index (κ3) is 5.66. The van der Waals surface area contributed by atoms with Crippen molar-refractivity contribution in [3.05, 3.63) is 106 Å². The Balaban J connectivity index is 1.29. The first kappa shape index (κ1) is 26.4. The summed E-state index contributed by atoms with van der Waals surface area (Å²) < 4.78 is 3.05. The van der Waals surface area contributed by atoms with Crippen molar-refractivity contribution in [2.75, 3.05) is 36.4 Å². The average Bonchev–Trinajstić information content (AvgIpc) is 3.33. The first-order chi connectivity index (χ1) is 18.8. The second-order valence-electron chi connectivity index (χ2n) is 10.5. The van der Waals surface area contributed by atoms with Gasteiger partial charge in [-0.05, 0) is 69.2 Å². The number of nitrogens with zero attached hydrogens (tertiary/aromatic N) is 5. The number of nitrogens with one attached hydrogen (secondary N) is 1. The number of aryl methyl sites for hydroxylation is 2. The lowest BCUT2D eigenvalue weighted by Crippen LogP contribution is -2.50. The fourth-order valence-electron chi connectivity index (χ4n) is 5.23. The van der Waals surface area contributed by atoms with Crippen molar-refractivity contribution < 1.29 is 4.79 Å². The Kier molecular flexibility index (Phi) is 7.65. The quantitative estimate of drug-likeness (QED) is 0.378. The molecule has 1 fully saturated rings. The summed E-state index contributed by atoms with van der Waals surface area (Å²) in [5, 5.41) is 7.40. The van der Waals surface area contributed by atoms with Gasteiger partial charge in [-0.3, -0.25) is 9.69 Å². The van der Waals surface area contributed by atoms with Gasteiger partial charge in [0.1, 0.15) is 12.4 Å². The molecule has 1 amide bonds. The van der Waals surface area contributed by atoms with Crippen molar-refractivity contribution in [1.82, 2.24) is 19.2 Å². The molecule has 0 saturated carbocycles. The monoisotopic (exact) mass is 524 g/mol. The normalized spacial score (nSPS) is 14.9. The van der Waals surface area contributed by atoms with Crippen molar-refractivity contribution in [3.63, 3.8) is 0 Å². The summed E-state index contributed by atoms with van der Waals surface area (Å²) in [6.45, 7) is 11.1. The number of benzene rings is 3.